The van der Waals surface area contributed by atoms with E-state index in [1.54, 1.807) is 0 Å². The second-order valence-electron chi connectivity index (χ2n) is 5.40. The molecule has 0 spiro atoms. The molecule has 3 unspecified atom stereocenters. The van der Waals surface area contributed by atoms with Gasteiger partial charge in [-0.05, 0) is 0 Å². The number of hydrogen-bond acceptors (Lipinski definition) is 6. The van der Waals surface area contributed by atoms with Crippen molar-refractivity contribution >= 4 is 11.6 Å². The van der Waals surface area contributed by atoms with Crippen molar-refractivity contribution in [3.05, 3.63) is 31.5 Å². The Kier molecular flexibility index (Phi) is 4.22. The number of aromatic nitrogens is 3. The van der Waals surface area contributed by atoms with Crippen molar-refractivity contribution in [1.29, 1.82) is 0 Å². The average molecular weight is 334 g/mol. The molecular weight excluding hydrogens is 318 g/mol. The lowest BCUT2D eigenvalue weighted by molar-refractivity contribution is 0.169. The maximum absolute atomic E-state index is 12.4. The van der Waals surface area contributed by atoms with Gasteiger partial charge in [0.15, 0.2) is 0 Å². The predicted molar refractivity (Wildman–Crippen MR) is 75.4 cm³/mol. The molecule has 22 heavy (non-hydrogen) atoms. The second-order valence-corrected chi connectivity index (χ2v) is 5.71. The van der Waals surface area contributed by atoms with E-state index in [4.69, 9.17) is 21.1 Å². The Balaban J connectivity index is 2.07. The first-order valence-corrected chi connectivity index (χ1v) is 7.46. The molecule has 2 fully saturated rings. The van der Waals surface area contributed by atoms with Crippen molar-refractivity contribution < 1.29 is 14.6 Å². The molecule has 3 rings (SSSR count). The normalized spacial score (nSPS) is 24.3. The standard InChI is InChI=1S/C12H16ClN3O6/c13-1-7(17)2-14-10(18)15(3-8-5-21-8)12(20)16(11(14)19)4-9-6-22-9/h7-9,17H,1-6H2. The lowest BCUT2D eigenvalue weighted by Gasteiger charge is -2.14. The highest BCUT2D eigenvalue weighted by Gasteiger charge is 2.29. The summed E-state index contributed by atoms with van der Waals surface area (Å²) in [6, 6.07) is 0. The summed E-state index contributed by atoms with van der Waals surface area (Å²) in [6.45, 7) is 0.849. The molecule has 0 radical (unpaired) electrons. The Labute approximate surface area is 129 Å². The molecule has 1 aromatic rings. The van der Waals surface area contributed by atoms with Gasteiger partial charge in [0.05, 0.1) is 57.0 Å². The van der Waals surface area contributed by atoms with Crippen LogP contribution in [0.25, 0.3) is 0 Å². The molecule has 2 saturated heterocycles. The van der Waals surface area contributed by atoms with Crippen LogP contribution >= 0.6 is 11.6 Å². The maximum atomic E-state index is 12.4. The summed E-state index contributed by atoms with van der Waals surface area (Å²) in [5, 5.41) is 9.62. The van der Waals surface area contributed by atoms with Crippen molar-refractivity contribution in [2.75, 3.05) is 19.1 Å². The molecule has 0 aliphatic carbocycles. The summed E-state index contributed by atoms with van der Waals surface area (Å²) < 4.78 is 12.8. The Morgan fingerprint density at radius 3 is 1.77 bits per heavy atom. The summed E-state index contributed by atoms with van der Waals surface area (Å²) in [6.07, 6.45) is -1.44. The summed E-state index contributed by atoms with van der Waals surface area (Å²) >= 11 is 5.52. The first kappa shape index (κ1) is 15.5. The van der Waals surface area contributed by atoms with Crippen LogP contribution in [-0.2, 0) is 29.1 Å². The van der Waals surface area contributed by atoms with Crippen LogP contribution in [0.15, 0.2) is 14.4 Å². The number of aliphatic hydroxyl groups is 1. The predicted octanol–water partition coefficient (Wildman–Crippen LogP) is -2.43. The first-order valence-electron chi connectivity index (χ1n) is 6.93. The SMILES string of the molecule is O=c1n(CC(O)CCl)c(=O)n(CC2CO2)c(=O)n1CC1CO1. The fraction of sp³-hybridized carbons (Fsp3) is 0.750. The number of nitrogens with zero attached hydrogens (tertiary/aromatic N) is 3. The van der Waals surface area contributed by atoms with Crippen molar-refractivity contribution in [1.82, 2.24) is 13.7 Å². The van der Waals surface area contributed by atoms with Crippen molar-refractivity contribution in [3.8, 4) is 0 Å². The van der Waals surface area contributed by atoms with Crippen LogP contribution in [0, 0.1) is 0 Å². The smallest absolute Gasteiger partial charge is 0.336 e. The van der Waals surface area contributed by atoms with E-state index < -0.39 is 23.2 Å². The van der Waals surface area contributed by atoms with Crippen LogP contribution in [0.5, 0.6) is 0 Å². The molecule has 10 heteroatoms. The molecule has 3 heterocycles. The van der Waals surface area contributed by atoms with Gasteiger partial charge in [-0.1, -0.05) is 0 Å². The molecule has 9 nitrogen and oxygen atoms in total. The molecule has 0 bridgehead atoms. The molecule has 1 N–H and O–H groups in total. The third-order valence-corrected chi connectivity index (χ3v) is 3.89. The van der Waals surface area contributed by atoms with Crippen LogP contribution < -0.4 is 17.1 Å². The van der Waals surface area contributed by atoms with Gasteiger partial charge in [-0.15, -0.1) is 11.6 Å². The highest BCUT2D eigenvalue weighted by atomic mass is 35.5. The minimum atomic E-state index is -1.05. The van der Waals surface area contributed by atoms with E-state index in [2.05, 4.69) is 0 Å². The number of ether oxygens (including phenoxy) is 2. The average Bonchev–Trinajstić information content (AvgIpc) is 3.39. The third kappa shape index (κ3) is 3.17. The Hall–Kier alpha value is -1.42. The molecule has 0 amide bonds. The zero-order chi connectivity index (χ0) is 15.9. The number of halogens is 1. The number of rotatable bonds is 7. The lowest BCUT2D eigenvalue weighted by atomic mass is 10.4. The molecule has 2 aliphatic heterocycles. The summed E-state index contributed by atoms with van der Waals surface area (Å²) in [5.74, 6) is -0.123. The molecule has 2 aliphatic rings. The van der Waals surface area contributed by atoms with Crippen LogP contribution in [0.4, 0.5) is 0 Å². The highest BCUT2D eigenvalue weighted by molar-refractivity contribution is 6.18. The van der Waals surface area contributed by atoms with E-state index in [0.717, 1.165) is 13.7 Å². The number of alkyl halides is 1. The minimum absolute atomic E-state index is 0.0838. The fourth-order valence-electron chi connectivity index (χ4n) is 2.16. The first-order chi connectivity index (χ1) is 10.5. The van der Waals surface area contributed by atoms with Crippen LogP contribution in [0.1, 0.15) is 0 Å². The molecule has 0 aromatic carbocycles. The minimum Gasteiger partial charge on any atom is -0.390 e. The van der Waals surface area contributed by atoms with Gasteiger partial charge in [-0.3, -0.25) is 0 Å². The van der Waals surface area contributed by atoms with Crippen LogP contribution in [0.2, 0.25) is 0 Å². The highest BCUT2D eigenvalue weighted by Crippen LogP contribution is 2.10. The molecular formula is C12H16ClN3O6. The van der Waals surface area contributed by atoms with E-state index in [1.807, 2.05) is 0 Å². The zero-order valence-corrected chi connectivity index (χ0v) is 12.4. The molecule has 3 atom stereocenters. The Morgan fingerprint density at radius 2 is 1.41 bits per heavy atom. The molecule has 0 saturated carbocycles. The van der Waals surface area contributed by atoms with Gasteiger partial charge in [-0.25, -0.2) is 28.1 Å². The van der Waals surface area contributed by atoms with Gasteiger partial charge < -0.3 is 14.6 Å². The fourth-order valence-corrected chi connectivity index (χ4v) is 2.26. The van der Waals surface area contributed by atoms with Gasteiger partial charge >= 0.3 is 17.1 Å². The Morgan fingerprint density at radius 1 is 1.00 bits per heavy atom. The zero-order valence-electron chi connectivity index (χ0n) is 11.7. The van der Waals surface area contributed by atoms with E-state index in [0.29, 0.717) is 13.2 Å². The quantitative estimate of drug-likeness (QED) is 0.439. The largest absolute Gasteiger partial charge is 0.390 e. The molecule has 122 valence electrons. The lowest BCUT2D eigenvalue weighted by Crippen LogP contribution is -2.56. The molecule has 1 aromatic heterocycles. The maximum Gasteiger partial charge on any atom is 0.336 e. The monoisotopic (exact) mass is 333 g/mol. The van der Waals surface area contributed by atoms with Gasteiger partial charge in [0.25, 0.3) is 0 Å². The number of aliphatic hydroxyl groups excluding tert-OH is 1. The second kappa shape index (κ2) is 5.99. The third-order valence-electron chi connectivity index (χ3n) is 3.53. The Bertz CT molecular complexity index is 678. The van der Waals surface area contributed by atoms with Crippen LogP contribution in [0.3, 0.4) is 0 Å². The van der Waals surface area contributed by atoms with Crippen LogP contribution in [-0.4, -0.2) is 56.2 Å². The van der Waals surface area contributed by atoms with Crippen molar-refractivity contribution in [3.63, 3.8) is 0 Å². The van der Waals surface area contributed by atoms with E-state index in [-0.39, 0.29) is 37.7 Å². The summed E-state index contributed by atoms with van der Waals surface area (Å²) in [5.41, 5.74) is -2.21. The van der Waals surface area contributed by atoms with Crippen molar-refractivity contribution in [2.45, 2.75) is 37.9 Å². The van der Waals surface area contributed by atoms with E-state index in [1.165, 1.54) is 0 Å². The van der Waals surface area contributed by atoms with Gasteiger partial charge in [0.2, 0.25) is 0 Å². The number of epoxide rings is 2. The van der Waals surface area contributed by atoms with E-state index in [9.17, 15) is 19.5 Å². The van der Waals surface area contributed by atoms with Gasteiger partial charge in [0, 0.05) is 0 Å². The van der Waals surface area contributed by atoms with Gasteiger partial charge in [0.1, 0.15) is 0 Å². The summed E-state index contributed by atoms with van der Waals surface area (Å²) in [7, 11) is 0. The topological polar surface area (TPSA) is 111 Å². The number of hydrogen-bond donors (Lipinski definition) is 1. The van der Waals surface area contributed by atoms with Crippen molar-refractivity contribution in [2.24, 2.45) is 0 Å². The van der Waals surface area contributed by atoms with E-state index >= 15 is 0 Å². The summed E-state index contributed by atoms with van der Waals surface area (Å²) in [4.78, 5) is 37.1. The van der Waals surface area contributed by atoms with Gasteiger partial charge in [-0.2, -0.15) is 0 Å².